The average Bonchev–Trinajstić information content (AvgIpc) is 2.59. The number of thioether (sulfide) groups is 1. The fraction of sp³-hybridized carbons (Fsp3) is 0.278. The zero-order chi connectivity index (χ0) is 16.2. The first-order valence-electron chi connectivity index (χ1n) is 7.54. The maximum atomic E-state index is 13.7. The van der Waals surface area contributed by atoms with Crippen molar-refractivity contribution in [3.05, 3.63) is 53.8 Å². The number of fused-ring (bicyclic) bond motifs is 1. The van der Waals surface area contributed by atoms with E-state index in [0.29, 0.717) is 17.2 Å². The molecule has 5 heteroatoms. The molecule has 2 aromatic carbocycles. The van der Waals surface area contributed by atoms with Crippen molar-refractivity contribution in [3.8, 4) is 5.75 Å². The van der Waals surface area contributed by atoms with Crippen LogP contribution in [0.1, 0.15) is 12.0 Å². The first-order chi connectivity index (χ1) is 11.2. The Morgan fingerprint density at radius 3 is 2.87 bits per heavy atom. The number of halogens is 1. The van der Waals surface area contributed by atoms with Gasteiger partial charge in [0.1, 0.15) is 11.6 Å². The molecule has 0 bridgehead atoms. The lowest BCUT2D eigenvalue weighted by Gasteiger charge is -2.30. The van der Waals surface area contributed by atoms with Crippen LogP contribution in [0, 0.1) is 5.82 Å². The van der Waals surface area contributed by atoms with E-state index in [1.807, 2.05) is 18.2 Å². The number of para-hydroxylation sites is 1. The van der Waals surface area contributed by atoms with Gasteiger partial charge in [-0.25, -0.2) is 4.39 Å². The van der Waals surface area contributed by atoms with Crippen molar-refractivity contribution in [2.45, 2.75) is 17.7 Å². The minimum Gasteiger partial charge on any atom is -0.495 e. The summed E-state index contributed by atoms with van der Waals surface area (Å²) >= 11 is 1.23. The molecule has 0 unspecified atom stereocenters. The lowest BCUT2D eigenvalue weighted by atomic mass is 10.0. The van der Waals surface area contributed by atoms with E-state index in [-0.39, 0.29) is 17.5 Å². The van der Waals surface area contributed by atoms with Crippen LogP contribution in [0.25, 0.3) is 0 Å². The molecular formula is C18H18FNO2S. The Morgan fingerprint density at radius 1 is 1.26 bits per heavy atom. The molecule has 2 aromatic rings. The predicted octanol–water partition coefficient (Wildman–Crippen LogP) is 3.91. The molecule has 3 rings (SSSR count). The van der Waals surface area contributed by atoms with Gasteiger partial charge in [-0.15, -0.1) is 11.8 Å². The molecule has 0 saturated carbocycles. The van der Waals surface area contributed by atoms with E-state index in [2.05, 4.69) is 0 Å². The number of ether oxygens (including phenoxy) is 1. The van der Waals surface area contributed by atoms with Gasteiger partial charge in [-0.05, 0) is 36.6 Å². The number of benzene rings is 2. The molecule has 0 aromatic heterocycles. The van der Waals surface area contributed by atoms with Gasteiger partial charge in [0.25, 0.3) is 0 Å². The fourth-order valence-electron chi connectivity index (χ4n) is 2.81. The van der Waals surface area contributed by atoms with Crippen LogP contribution in [0.3, 0.4) is 0 Å². The van der Waals surface area contributed by atoms with Gasteiger partial charge in [0.05, 0.1) is 18.6 Å². The van der Waals surface area contributed by atoms with Crippen LogP contribution >= 0.6 is 11.8 Å². The summed E-state index contributed by atoms with van der Waals surface area (Å²) in [4.78, 5) is 14.9. The van der Waals surface area contributed by atoms with Crippen molar-refractivity contribution in [3.63, 3.8) is 0 Å². The quantitative estimate of drug-likeness (QED) is 0.796. The molecule has 120 valence electrons. The van der Waals surface area contributed by atoms with Crippen LogP contribution in [0.4, 0.5) is 10.1 Å². The molecular weight excluding hydrogens is 313 g/mol. The second-order valence-electron chi connectivity index (χ2n) is 5.34. The van der Waals surface area contributed by atoms with Crippen molar-refractivity contribution in [1.82, 2.24) is 0 Å². The predicted molar refractivity (Wildman–Crippen MR) is 90.8 cm³/mol. The monoisotopic (exact) mass is 331 g/mol. The molecule has 23 heavy (non-hydrogen) atoms. The minimum absolute atomic E-state index is 0.0243. The lowest BCUT2D eigenvalue weighted by molar-refractivity contribution is -0.116. The molecule has 0 atom stereocenters. The first-order valence-corrected chi connectivity index (χ1v) is 8.53. The maximum Gasteiger partial charge on any atom is 0.237 e. The van der Waals surface area contributed by atoms with Gasteiger partial charge < -0.3 is 9.64 Å². The largest absolute Gasteiger partial charge is 0.495 e. The van der Waals surface area contributed by atoms with Crippen molar-refractivity contribution in [2.75, 3.05) is 24.3 Å². The molecule has 0 fully saturated rings. The number of methoxy groups -OCH3 is 1. The van der Waals surface area contributed by atoms with E-state index >= 15 is 0 Å². The van der Waals surface area contributed by atoms with Gasteiger partial charge in [-0.3, -0.25) is 4.79 Å². The zero-order valence-electron chi connectivity index (χ0n) is 12.9. The van der Waals surface area contributed by atoms with Gasteiger partial charge in [-0.1, -0.05) is 24.3 Å². The summed E-state index contributed by atoms with van der Waals surface area (Å²) in [5.41, 5.74) is 1.99. The van der Waals surface area contributed by atoms with E-state index in [0.717, 1.165) is 24.1 Å². The highest BCUT2D eigenvalue weighted by atomic mass is 32.2. The van der Waals surface area contributed by atoms with Crippen molar-refractivity contribution in [2.24, 2.45) is 0 Å². The van der Waals surface area contributed by atoms with E-state index in [4.69, 9.17) is 4.74 Å². The van der Waals surface area contributed by atoms with Gasteiger partial charge in [0.15, 0.2) is 0 Å². The van der Waals surface area contributed by atoms with Gasteiger partial charge in [0.2, 0.25) is 5.91 Å². The number of hydrogen-bond acceptors (Lipinski definition) is 3. The molecule has 1 aliphatic rings. The van der Waals surface area contributed by atoms with Crippen molar-refractivity contribution >= 4 is 23.4 Å². The van der Waals surface area contributed by atoms with Gasteiger partial charge in [-0.2, -0.15) is 0 Å². The van der Waals surface area contributed by atoms with E-state index in [9.17, 15) is 9.18 Å². The number of amides is 1. The highest BCUT2D eigenvalue weighted by Crippen LogP contribution is 2.36. The Kier molecular flexibility index (Phi) is 4.86. The summed E-state index contributed by atoms with van der Waals surface area (Å²) in [6.07, 6.45) is 1.87. The number of aryl methyl sites for hydroxylation is 1. The molecule has 1 amide bonds. The van der Waals surface area contributed by atoms with Crippen molar-refractivity contribution < 1.29 is 13.9 Å². The third-order valence-electron chi connectivity index (χ3n) is 3.89. The number of hydrogen-bond donors (Lipinski definition) is 0. The standard InChI is InChI=1S/C18H18FNO2S/c1-22-15-9-4-6-13-7-5-11-20(18(13)15)17(21)12-23-16-10-3-2-8-14(16)19/h2-4,6,8-10H,5,7,11-12H2,1H3. The Bertz CT molecular complexity index is 706. The van der Waals surface area contributed by atoms with Crippen LogP contribution in [-0.2, 0) is 11.2 Å². The first kappa shape index (κ1) is 15.9. The lowest BCUT2D eigenvalue weighted by Crippen LogP contribution is -2.37. The summed E-state index contributed by atoms with van der Waals surface area (Å²) < 4.78 is 19.1. The molecule has 1 heterocycles. The Labute approximate surface area is 139 Å². The summed E-state index contributed by atoms with van der Waals surface area (Å²) in [6.45, 7) is 0.671. The number of carbonyl (C=O) groups excluding carboxylic acids is 1. The Morgan fingerprint density at radius 2 is 2.09 bits per heavy atom. The summed E-state index contributed by atoms with van der Waals surface area (Å²) in [6, 6.07) is 12.4. The summed E-state index contributed by atoms with van der Waals surface area (Å²) in [5.74, 6) is 0.607. The van der Waals surface area contributed by atoms with Gasteiger partial charge >= 0.3 is 0 Å². The van der Waals surface area contributed by atoms with Crippen LogP contribution in [0.15, 0.2) is 47.4 Å². The second-order valence-corrected chi connectivity index (χ2v) is 6.35. The van der Waals surface area contributed by atoms with E-state index in [1.54, 1.807) is 30.2 Å². The van der Waals surface area contributed by atoms with Crippen LogP contribution in [0.2, 0.25) is 0 Å². The minimum atomic E-state index is -0.290. The second kappa shape index (κ2) is 7.04. The van der Waals surface area contributed by atoms with Gasteiger partial charge in [0, 0.05) is 11.4 Å². The molecule has 0 spiro atoms. The molecule has 1 aliphatic heterocycles. The SMILES string of the molecule is COc1cccc2c1N(C(=O)CSc1ccccc1F)CCC2. The smallest absolute Gasteiger partial charge is 0.237 e. The van der Waals surface area contributed by atoms with Crippen LogP contribution in [-0.4, -0.2) is 25.3 Å². The third kappa shape index (κ3) is 3.34. The highest BCUT2D eigenvalue weighted by molar-refractivity contribution is 8.00. The third-order valence-corrected chi connectivity index (χ3v) is 4.92. The zero-order valence-corrected chi connectivity index (χ0v) is 13.7. The number of nitrogens with zero attached hydrogens (tertiary/aromatic N) is 1. The number of anilines is 1. The molecule has 0 saturated heterocycles. The Hall–Kier alpha value is -2.01. The van der Waals surface area contributed by atoms with Crippen LogP contribution in [0.5, 0.6) is 5.75 Å². The maximum absolute atomic E-state index is 13.7. The Balaban J connectivity index is 1.78. The fourth-order valence-corrected chi connectivity index (χ4v) is 3.62. The molecule has 0 radical (unpaired) electrons. The van der Waals surface area contributed by atoms with Crippen molar-refractivity contribution in [1.29, 1.82) is 0 Å². The number of rotatable bonds is 4. The molecule has 0 N–H and O–H groups in total. The molecule has 3 nitrogen and oxygen atoms in total. The molecule has 0 aliphatic carbocycles. The van der Waals surface area contributed by atoms with E-state index in [1.165, 1.54) is 17.8 Å². The normalized spacial score (nSPS) is 13.6. The topological polar surface area (TPSA) is 29.5 Å². The summed E-state index contributed by atoms with van der Waals surface area (Å²) in [5, 5.41) is 0. The average molecular weight is 331 g/mol. The number of carbonyl (C=O) groups is 1. The summed E-state index contributed by atoms with van der Waals surface area (Å²) in [7, 11) is 1.61. The van der Waals surface area contributed by atoms with Crippen LogP contribution < -0.4 is 9.64 Å². The highest BCUT2D eigenvalue weighted by Gasteiger charge is 2.25. The van der Waals surface area contributed by atoms with E-state index < -0.39 is 0 Å².